The maximum atomic E-state index is 12.4. The van der Waals surface area contributed by atoms with Crippen LogP contribution in [0.4, 0.5) is 13.2 Å². The Balaban J connectivity index is 1.60. The molecule has 0 spiro atoms. The van der Waals surface area contributed by atoms with Gasteiger partial charge in [-0.3, -0.25) is 4.68 Å². The van der Waals surface area contributed by atoms with E-state index in [1.807, 2.05) is 6.07 Å². The van der Waals surface area contributed by atoms with Gasteiger partial charge >= 0.3 is 6.18 Å². The van der Waals surface area contributed by atoms with Crippen molar-refractivity contribution in [3.63, 3.8) is 0 Å². The van der Waals surface area contributed by atoms with Crippen LogP contribution in [0.3, 0.4) is 0 Å². The molecule has 2 aromatic heterocycles. The van der Waals surface area contributed by atoms with E-state index < -0.39 is 11.7 Å². The van der Waals surface area contributed by atoms with Gasteiger partial charge in [-0.1, -0.05) is 0 Å². The second-order valence-electron chi connectivity index (χ2n) is 5.00. The molecule has 1 fully saturated rings. The quantitative estimate of drug-likeness (QED) is 0.918. The van der Waals surface area contributed by atoms with Gasteiger partial charge in [0.05, 0.1) is 24.6 Å². The monoisotopic (exact) mass is 285 g/mol. The second kappa shape index (κ2) is 4.97. The van der Waals surface area contributed by atoms with Crippen LogP contribution >= 0.6 is 0 Å². The van der Waals surface area contributed by atoms with Gasteiger partial charge in [0.2, 0.25) is 0 Å². The number of aromatic nitrogens is 2. The van der Waals surface area contributed by atoms with Crippen molar-refractivity contribution in [2.75, 3.05) is 0 Å². The zero-order valence-electron chi connectivity index (χ0n) is 10.7. The van der Waals surface area contributed by atoms with Gasteiger partial charge in [0, 0.05) is 24.3 Å². The number of furan rings is 1. The number of hydrogen-bond donors (Lipinski definition) is 1. The molecule has 0 unspecified atom stereocenters. The third kappa shape index (κ3) is 3.22. The predicted molar refractivity (Wildman–Crippen MR) is 64.9 cm³/mol. The smallest absolute Gasteiger partial charge is 0.419 e. The van der Waals surface area contributed by atoms with Gasteiger partial charge in [0.1, 0.15) is 5.76 Å². The fraction of sp³-hybridized carbons (Fsp3) is 0.462. The summed E-state index contributed by atoms with van der Waals surface area (Å²) in [6.07, 6.45) is 1.47. The molecule has 1 saturated carbocycles. The van der Waals surface area contributed by atoms with Crippen molar-refractivity contribution < 1.29 is 17.6 Å². The molecule has 7 heteroatoms. The van der Waals surface area contributed by atoms with Gasteiger partial charge in [-0.2, -0.15) is 18.3 Å². The Morgan fingerprint density at radius 3 is 2.85 bits per heavy atom. The molecular weight excluding hydrogens is 271 g/mol. The number of alkyl halides is 3. The van der Waals surface area contributed by atoms with Crippen LogP contribution in [0.1, 0.15) is 29.7 Å². The van der Waals surface area contributed by atoms with Crippen molar-refractivity contribution in [1.82, 2.24) is 15.1 Å². The number of rotatable bonds is 5. The Labute approximate surface area is 113 Å². The molecule has 1 N–H and O–H groups in total. The third-order valence-electron chi connectivity index (χ3n) is 3.16. The summed E-state index contributed by atoms with van der Waals surface area (Å²) < 4.78 is 43.9. The Bertz CT molecular complexity index is 584. The van der Waals surface area contributed by atoms with Gasteiger partial charge in [-0.05, 0) is 18.9 Å². The van der Waals surface area contributed by atoms with Crippen LogP contribution in [0, 0.1) is 0 Å². The first-order chi connectivity index (χ1) is 9.50. The molecule has 1 aliphatic rings. The molecule has 0 aromatic carbocycles. The van der Waals surface area contributed by atoms with Gasteiger partial charge in [-0.25, -0.2) is 0 Å². The van der Waals surface area contributed by atoms with Crippen molar-refractivity contribution in [2.24, 2.45) is 0 Å². The molecule has 0 saturated heterocycles. The highest BCUT2D eigenvalue weighted by atomic mass is 19.4. The summed E-state index contributed by atoms with van der Waals surface area (Å²) in [5.41, 5.74) is 0.245. The summed E-state index contributed by atoms with van der Waals surface area (Å²) in [7, 11) is 0. The molecule has 0 atom stereocenters. The molecular formula is C13H14F3N3O. The number of nitrogens with one attached hydrogen (secondary N) is 1. The largest absolute Gasteiger partial charge is 0.467 e. The fourth-order valence-corrected chi connectivity index (χ4v) is 1.91. The van der Waals surface area contributed by atoms with E-state index in [-0.39, 0.29) is 6.54 Å². The Hall–Kier alpha value is -1.76. The van der Waals surface area contributed by atoms with Crippen LogP contribution in [0.15, 0.2) is 29.1 Å². The molecule has 0 aliphatic heterocycles. The Morgan fingerprint density at radius 2 is 2.20 bits per heavy atom. The first-order valence-electron chi connectivity index (χ1n) is 6.40. The maximum absolute atomic E-state index is 12.4. The maximum Gasteiger partial charge on any atom is 0.419 e. The second-order valence-corrected chi connectivity index (χ2v) is 5.00. The summed E-state index contributed by atoms with van der Waals surface area (Å²) in [6, 6.07) is 2.44. The van der Waals surface area contributed by atoms with Crippen molar-refractivity contribution in [1.29, 1.82) is 0 Å². The zero-order valence-corrected chi connectivity index (χ0v) is 10.7. The van der Waals surface area contributed by atoms with E-state index in [0.29, 0.717) is 11.8 Å². The summed E-state index contributed by atoms with van der Waals surface area (Å²) >= 11 is 0. The highest BCUT2D eigenvalue weighted by Crippen LogP contribution is 2.28. The average molecular weight is 285 g/mol. The van der Waals surface area contributed by atoms with E-state index in [0.717, 1.165) is 24.5 Å². The molecule has 0 amide bonds. The minimum atomic E-state index is -4.36. The molecule has 0 bridgehead atoms. The Kier molecular flexibility index (Phi) is 3.29. The SMILES string of the molecule is FC(F)(F)c1cnn(Cc2cc(CNC3CC3)co2)c1. The molecule has 1 aliphatic carbocycles. The lowest BCUT2D eigenvalue weighted by Gasteiger charge is -2.01. The van der Waals surface area contributed by atoms with E-state index in [1.54, 1.807) is 6.26 Å². The number of hydrogen-bond acceptors (Lipinski definition) is 3. The molecule has 2 aromatic rings. The summed E-state index contributed by atoms with van der Waals surface area (Å²) in [5, 5.41) is 7.04. The molecule has 2 heterocycles. The van der Waals surface area contributed by atoms with Gasteiger partial charge in [-0.15, -0.1) is 0 Å². The normalized spacial score (nSPS) is 15.8. The van der Waals surface area contributed by atoms with E-state index in [9.17, 15) is 13.2 Å². The zero-order chi connectivity index (χ0) is 14.2. The van der Waals surface area contributed by atoms with E-state index in [1.165, 1.54) is 17.5 Å². The summed E-state index contributed by atoms with van der Waals surface area (Å²) in [6.45, 7) is 0.917. The van der Waals surface area contributed by atoms with Crippen LogP contribution < -0.4 is 5.32 Å². The van der Waals surface area contributed by atoms with Crippen molar-refractivity contribution in [3.8, 4) is 0 Å². The average Bonchev–Trinajstić information content (AvgIpc) is 2.89. The molecule has 4 nitrogen and oxygen atoms in total. The third-order valence-corrected chi connectivity index (χ3v) is 3.16. The predicted octanol–water partition coefficient (Wildman–Crippen LogP) is 2.80. The van der Waals surface area contributed by atoms with Crippen molar-refractivity contribution >= 4 is 0 Å². The molecule has 3 rings (SSSR count). The fourth-order valence-electron chi connectivity index (χ4n) is 1.91. The van der Waals surface area contributed by atoms with Gasteiger partial charge < -0.3 is 9.73 Å². The van der Waals surface area contributed by atoms with Crippen LogP contribution in [0.25, 0.3) is 0 Å². The van der Waals surface area contributed by atoms with Crippen LogP contribution in [0.5, 0.6) is 0 Å². The first-order valence-corrected chi connectivity index (χ1v) is 6.40. The van der Waals surface area contributed by atoms with E-state index in [2.05, 4.69) is 10.4 Å². The molecule has 20 heavy (non-hydrogen) atoms. The highest BCUT2D eigenvalue weighted by Gasteiger charge is 2.32. The topological polar surface area (TPSA) is 43.0 Å². The molecule has 0 radical (unpaired) electrons. The highest BCUT2D eigenvalue weighted by molar-refractivity contribution is 5.14. The van der Waals surface area contributed by atoms with Gasteiger partial charge in [0.25, 0.3) is 0 Å². The van der Waals surface area contributed by atoms with Crippen LogP contribution in [-0.4, -0.2) is 15.8 Å². The van der Waals surface area contributed by atoms with Crippen LogP contribution in [-0.2, 0) is 19.3 Å². The first kappa shape index (κ1) is 13.2. The lowest BCUT2D eigenvalue weighted by atomic mass is 10.3. The lowest BCUT2D eigenvalue weighted by Crippen LogP contribution is -2.14. The number of nitrogens with zero attached hydrogens (tertiary/aromatic N) is 2. The standard InChI is InChI=1S/C13H14F3N3O/c14-13(15,16)10-5-18-19(6-10)7-12-3-9(8-20-12)4-17-11-1-2-11/h3,5-6,8,11,17H,1-2,4,7H2. The molecule has 108 valence electrons. The van der Waals surface area contributed by atoms with Crippen molar-refractivity contribution in [2.45, 2.75) is 38.1 Å². The van der Waals surface area contributed by atoms with E-state index in [4.69, 9.17) is 4.42 Å². The summed E-state index contributed by atoms with van der Waals surface area (Å²) in [5.74, 6) is 0.592. The van der Waals surface area contributed by atoms with Gasteiger partial charge in [0.15, 0.2) is 0 Å². The number of halogens is 3. The lowest BCUT2D eigenvalue weighted by molar-refractivity contribution is -0.137. The van der Waals surface area contributed by atoms with Crippen LogP contribution in [0.2, 0.25) is 0 Å². The Morgan fingerprint density at radius 1 is 1.40 bits per heavy atom. The van der Waals surface area contributed by atoms with Crippen molar-refractivity contribution in [3.05, 3.63) is 41.6 Å². The van der Waals surface area contributed by atoms with E-state index >= 15 is 0 Å². The summed E-state index contributed by atoms with van der Waals surface area (Å²) in [4.78, 5) is 0. The minimum Gasteiger partial charge on any atom is -0.467 e. The minimum absolute atomic E-state index is 0.194.